The van der Waals surface area contributed by atoms with Gasteiger partial charge in [-0.3, -0.25) is 9.98 Å². The predicted octanol–water partition coefficient (Wildman–Crippen LogP) is 2.84. The van der Waals surface area contributed by atoms with E-state index < -0.39 is 0 Å². The van der Waals surface area contributed by atoms with Gasteiger partial charge < -0.3 is 10.6 Å². The maximum absolute atomic E-state index is 4.56. The first kappa shape index (κ1) is 19.1. The van der Waals surface area contributed by atoms with Crippen molar-refractivity contribution in [2.75, 3.05) is 19.6 Å². The van der Waals surface area contributed by atoms with Gasteiger partial charge in [0.15, 0.2) is 5.96 Å². The Bertz CT molecular complexity index is 365. The number of guanidine groups is 1. The molecule has 0 aliphatic carbocycles. The summed E-state index contributed by atoms with van der Waals surface area (Å²) in [5.41, 5.74) is 1.10. The van der Waals surface area contributed by atoms with E-state index in [9.17, 15) is 0 Å². The fourth-order valence-corrected chi connectivity index (χ4v) is 1.63. The summed E-state index contributed by atoms with van der Waals surface area (Å²) in [6.45, 7) is 9.13. The molecule has 4 nitrogen and oxygen atoms in total. The molecule has 0 bridgehead atoms. The van der Waals surface area contributed by atoms with Gasteiger partial charge in [-0.15, -0.1) is 24.0 Å². The summed E-state index contributed by atoms with van der Waals surface area (Å²) in [7, 11) is 0. The minimum absolute atomic E-state index is 0. The van der Waals surface area contributed by atoms with Crippen molar-refractivity contribution in [3.05, 3.63) is 30.1 Å². The highest BCUT2D eigenvalue weighted by atomic mass is 127. The summed E-state index contributed by atoms with van der Waals surface area (Å²) in [6.07, 6.45) is 3.86. The molecule has 0 aliphatic heterocycles. The van der Waals surface area contributed by atoms with Crippen LogP contribution in [0, 0.1) is 5.92 Å². The molecular formula is C15H27IN4. The van der Waals surface area contributed by atoms with E-state index in [4.69, 9.17) is 0 Å². The Labute approximate surface area is 139 Å². The lowest BCUT2D eigenvalue weighted by molar-refractivity contribution is 0.594. The molecular weight excluding hydrogens is 363 g/mol. The highest BCUT2D eigenvalue weighted by Gasteiger charge is 1.98. The maximum Gasteiger partial charge on any atom is 0.191 e. The molecule has 0 unspecified atom stereocenters. The van der Waals surface area contributed by atoms with E-state index in [-0.39, 0.29) is 24.0 Å². The van der Waals surface area contributed by atoms with Crippen LogP contribution in [0.2, 0.25) is 0 Å². The van der Waals surface area contributed by atoms with Gasteiger partial charge >= 0.3 is 0 Å². The Balaban J connectivity index is 0.00000361. The smallest absolute Gasteiger partial charge is 0.191 e. The Kier molecular flexibility index (Phi) is 11.4. The molecule has 20 heavy (non-hydrogen) atoms. The number of aliphatic imine (C=N–C) groups is 1. The molecule has 0 aromatic carbocycles. The number of rotatable bonds is 7. The minimum atomic E-state index is 0. The first-order valence-electron chi connectivity index (χ1n) is 7.14. The Hall–Kier alpha value is -0.850. The zero-order chi connectivity index (χ0) is 13.9. The van der Waals surface area contributed by atoms with E-state index >= 15 is 0 Å². The normalized spacial score (nSPS) is 11.1. The average molecular weight is 390 g/mol. The molecule has 1 heterocycles. The molecule has 1 rings (SSSR count). The molecule has 114 valence electrons. The molecule has 2 N–H and O–H groups in total. The van der Waals surface area contributed by atoms with Crippen LogP contribution >= 0.6 is 24.0 Å². The van der Waals surface area contributed by atoms with Gasteiger partial charge in [-0.2, -0.15) is 0 Å². The Morgan fingerprint density at radius 3 is 2.70 bits per heavy atom. The van der Waals surface area contributed by atoms with Crippen molar-refractivity contribution in [1.82, 2.24) is 15.6 Å². The lowest BCUT2D eigenvalue weighted by atomic mass is 10.1. The molecule has 5 heteroatoms. The van der Waals surface area contributed by atoms with Gasteiger partial charge in [0, 0.05) is 37.9 Å². The van der Waals surface area contributed by atoms with Gasteiger partial charge in [0.25, 0.3) is 0 Å². The summed E-state index contributed by atoms with van der Waals surface area (Å²) in [5.74, 6) is 1.60. The van der Waals surface area contributed by atoms with Crippen LogP contribution in [0.25, 0.3) is 0 Å². The van der Waals surface area contributed by atoms with Crippen LogP contribution in [0.4, 0.5) is 0 Å². The lowest BCUT2D eigenvalue weighted by Gasteiger charge is -2.11. The lowest BCUT2D eigenvalue weighted by Crippen LogP contribution is -2.38. The van der Waals surface area contributed by atoms with E-state index in [0.717, 1.165) is 44.1 Å². The standard InChI is InChI=1S/C15H26N4.HI/c1-4-16-15(18-11-8-13(2)3)19-12-9-14-7-5-6-10-17-14;/h5-7,10,13H,4,8-9,11-12H2,1-3H3,(H2,16,18,19);1H. The van der Waals surface area contributed by atoms with Crippen molar-refractivity contribution in [2.45, 2.75) is 33.6 Å². The van der Waals surface area contributed by atoms with Gasteiger partial charge in [-0.05, 0) is 31.4 Å². The second-order valence-electron chi connectivity index (χ2n) is 4.94. The van der Waals surface area contributed by atoms with Crippen LogP contribution < -0.4 is 10.6 Å². The number of halogens is 1. The average Bonchev–Trinajstić information content (AvgIpc) is 2.39. The van der Waals surface area contributed by atoms with Gasteiger partial charge in [0.05, 0.1) is 0 Å². The first-order chi connectivity index (χ1) is 9.22. The zero-order valence-corrected chi connectivity index (χ0v) is 15.1. The van der Waals surface area contributed by atoms with E-state index in [0.29, 0.717) is 5.92 Å². The molecule has 0 aliphatic rings. The Morgan fingerprint density at radius 1 is 1.30 bits per heavy atom. The van der Waals surface area contributed by atoms with Crippen molar-refractivity contribution < 1.29 is 0 Å². The molecule has 0 radical (unpaired) electrons. The summed E-state index contributed by atoms with van der Waals surface area (Å²) >= 11 is 0. The largest absolute Gasteiger partial charge is 0.357 e. The fourth-order valence-electron chi connectivity index (χ4n) is 1.63. The number of hydrogen-bond donors (Lipinski definition) is 2. The van der Waals surface area contributed by atoms with Crippen LogP contribution in [-0.2, 0) is 6.42 Å². The van der Waals surface area contributed by atoms with Crippen LogP contribution in [0.15, 0.2) is 29.4 Å². The number of nitrogens with zero attached hydrogens (tertiary/aromatic N) is 2. The van der Waals surface area contributed by atoms with E-state index in [1.165, 1.54) is 0 Å². The van der Waals surface area contributed by atoms with Crippen molar-refractivity contribution in [3.63, 3.8) is 0 Å². The van der Waals surface area contributed by atoms with E-state index in [2.05, 4.69) is 41.4 Å². The molecule has 1 aromatic rings. The van der Waals surface area contributed by atoms with Gasteiger partial charge in [-0.25, -0.2) is 0 Å². The highest BCUT2D eigenvalue weighted by molar-refractivity contribution is 14.0. The van der Waals surface area contributed by atoms with Gasteiger partial charge in [0.1, 0.15) is 0 Å². The van der Waals surface area contributed by atoms with Crippen LogP contribution in [0.3, 0.4) is 0 Å². The van der Waals surface area contributed by atoms with E-state index in [1.807, 2.05) is 24.4 Å². The van der Waals surface area contributed by atoms with Gasteiger partial charge in [0.2, 0.25) is 0 Å². The number of pyridine rings is 1. The molecule has 0 amide bonds. The third-order valence-electron chi connectivity index (χ3n) is 2.72. The second kappa shape index (κ2) is 11.9. The number of nitrogens with one attached hydrogen (secondary N) is 2. The van der Waals surface area contributed by atoms with Crippen LogP contribution in [0.1, 0.15) is 32.9 Å². The summed E-state index contributed by atoms with van der Waals surface area (Å²) in [4.78, 5) is 8.87. The highest BCUT2D eigenvalue weighted by Crippen LogP contribution is 1.98. The monoisotopic (exact) mass is 390 g/mol. The Morgan fingerprint density at radius 2 is 2.10 bits per heavy atom. The number of aromatic nitrogens is 1. The summed E-state index contributed by atoms with van der Waals surface area (Å²) < 4.78 is 0. The molecule has 0 saturated heterocycles. The second-order valence-corrected chi connectivity index (χ2v) is 4.94. The molecule has 1 aromatic heterocycles. The first-order valence-corrected chi connectivity index (χ1v) is 7.14. The fraction of sp³-hybridized carbons (Fsp3) is 0.600. The summed E-state index contributed by atoms with van der Waals surface area (Å²) in [5, 5.41) is 6.60. The van der Waals surface area contributed by atoms with Crippen molar-refractivity contribution in [1.29, 1.82) is 0 Å². The van der Waals surface area contributed by atoms with Crippen molar-refractivity contribution in [3.8, 4) is 0 Å². The van der Waals surface area contributed by atoms with Crippen molar-refractivity contribution >= 4 is 29.9 Å². The van der Waals surface area contributed by atoms with Gasteiger partial charge in [-0.1, -0.05) is 19.9 Å². The van der Waals surface area contributed by atoms with Crippen LogP contribution in [0.5, 0.6) is 0 Å². The predicted molar refractivity (Wildman–Crippen MR) is 96.8 cm³/mol. The molecule has 0 atom stereocenters. The van der Waals surface area contributed by atoms with Crippen LogP contribution in [-0.4, -0.2) is 30.6 Å². The summed E-state index contributed by atoms with van der Waals surface area (Å²) in [6, 6.07) is 6.00. The quantitative estimate of drug-likeness (QED) is 0.428. The minimum Gasteiger partial charge on any atom is -0.357 e. The van der Waals surface area contributed by atoms with Crippen molar-refractivity contribution in [2.24, 2.45) is 10.9 Å². The van der Waals surface area contributed by atoms with E-state index in [1.54, 1.807) is 0 Å². The number of hydrogen-bond acceptors (Lipinski definition) is 2. The topological polar surface area (TPSA) is 49.3 Å². The third-order valence-corrected chi connectivity index (χ3v) is 2.72. The molecule has 0 spiro atoms. The zero-order valence-electron chi connectivity index (χ0n) is 12.7. The SMILES string of the molecule is CCNC(=NCCC(C)C)NCCc1ccccn1.I. The third kappa shape index (κ3) is 9.12. The maximum atomic E-state index is 4.56. The molecule has 0 saturated carbocycles. The molecule has 0 fully saturated rings.